The van der Waals surface area contributed by atoms with Gasteiger partial charge in [-0.2, -0.15) is 0 Å². The molecule has 1 N–H and O–H groups in total. The molecule has 2 aromatic rings. The molecule has 0 aliphatic heterocycles. The van der Waals surface area contributed by atoms with E-state index in [9.17, 15) is 0 Å². The normalized spacial score (nSPS) is 12.4. The van der Waals surface area contributed by atoms with Crippen molar-refractivity contribution in [2.24, 2.45) is 0 Å². The topological polar surface area (TPSA) is 12.0 Å². The van der Waals surface area contributed by atoms with E-state index in [4.69, 9.17) is 0 Å². The van der Waals surface area contributed by atoms with Gasteiger partial charge in [0.05, 0.1) is 0 Å². The molecule has 90 valence electrons. The van der Waals surface area contributed by atoms with Gasteiger partial charge in [-0.3, -0.25) is 0 Å². The molecule has 1 heterocycles. The first-order valence-corrected chi connectivity index (χ1v) is 8.56. The van der Waals surface area contributed by atoms with Crippen LogP contribution < -0.4 is 9.78 Å². The van der Waals surface area contributed by atoms with Crippen molar-refractivity contribution in [1.29, 1.82) is 0 Å². The summed E-state index contributed by atoms with van der Waals surface area (Å²) in [6.07, 6.45) is 0. The molecule has 0 bridgehead atoms. The van der Waals surface area contributed by atoms with Crippen molar-refractivity contribution in [3.63, 3.8) is 0 Å². The number of thiophene rings is 1. The molecule has 3 heteroatoms. The van der Waals surface area contributed by atoms with Crippen LogP contribution in [0.1, 0.15) is 23.5 Å². The van der Waals surface area contributed by atoms with Crippen molar-refractivity contribution in [2.75, 3.05) is 11.9 Å². The molecular weight excluding hydrogens is 293 g/mol. The summed E-state index contributed by atoms with van der Waals surface area (Å²) in [7, 11) is 0. The molecule has 1 aromatic carbocycles. The molecule has 0 spiro atoms. The Hall–Kier alpha value is -0.761. The predicted molar refractivity (Wildman–Crippen MR) is 78.7 cm³/mol. The molecule has 0 radical (unpaired) electrons. The Morgan fingerprint density at radius 3 is 2.71 bits per heavy atom. The molecule has 0 amide bonds. The van der Waals surface area contributed by atoms with Crippen molar-refractivity contribution in [1.82, 2.24) is 0 Å². The summed E-state index contributed by atoms with van der Waals surface area (Å²) in [6, 6.07) is 13.0. The second-order valence-corrected chi connectivity index (χ2v) is 7.72. The van der Waals surface area contributed by atoms with Crippen molar-refractivity contribution >= 4 is 36.4 Å². The summed E-state index contributed by atoms with van der Waals surface area (Å²) in [5.41, 5.74) is 1.32. The maximum absolute atomic E-state index is 3.44. The molecule has 17 heavy (non-hydrogen) atoms. The van der Waals surface area contributed by atoms with Crippen LogP contribution >= 0.6 is 11.3 Å². The first-order chi connectivity index (χ1) is 8.31. The predicted octanol–water partition coefficient (Wildman–Crippen LogP) is 3.27. The van der Waals surface area contributed by atoms with Gasteiger partial charge in [-0.05, 0) is 0 Å². The molecule has 0 aliphatic rings. The number of hydrogen-bond donors (Lipinski definition) is 1. The third-order valence-electron chi connectivity index (χ3n) is 2.49. The molecule has 1 nitrogen and oxygen atoms in total. The van der Waals surface area contributed by atoms with Crippen molar-refractivity contribution in [3.8, 4) is 0 Å². The van der Waals surface area contributed by atoms with E-state index in [1.165, 1.54) is 15.0 Å². The summed E-state index contributed by atoms with van der Waals surface area (Å²) in [6.45, 7) is 5.48. The van der Waals surface area contributed by atoms with Gasteiger partial charge in [0.25, 0.3) is 0 Å². The summed E-state index contributed by atoms with van der Waals surface area (Å²) in [5.74, 6) is 0. The fourth-order valence-electron chi connectivity index (χ4n) is 1.73. The second kappa shape index (κ2) is 6.25. The van der Waals surface area contributed by atoms with Crippen molar-refractivity contribution in [3.05, 3.63) is 46.7 Å². The van der Waals surface area contributed by atoms with Gasteiger partial charge in [0.2, 0.25) is 0 Å². The first kappa shape index (κ1) is 12.7. The van der Waals surface area contributed by atoms with E-state index in [1.807, 2.05) is 11.3 Å². The zero-order valence-corrected chi connectivity index (χ0v) is 12.7. The van der Waals surface area contributed by atoms with Gasteiger partial charge in [-0.15, -0.1) is 0 Å². The van der Waals surface area contributed by atoms with E-state index in [2.05, 4.69) is 60.9 Å². The molecule has 0 aliphatic carbocycles. The van der Waals surface area contributed by atoms with Crippen LogP contribution in [0, 0.1) is 0 Å². The summed E-state index contributed by atoms with van der Waals surface area (Å²) in [5, 5.41) is 5.63. The zero-order valence-electron chi connectivity index (χ0n) is 10.1. The minimum atomic E-state index is 0.510. The monoisotopic (exact) mass is 311 g/mol. The summed E-state index contributed by atoms with van der Waals surface area (Å²) in [4.78, 5) is 2.13. The third kappa shape index (κ3) is 3.35. The van der Waals surface area contributed by atoms with Crippen LogP contribution in [-0.2, 0) is 0 Å². The van der Waals surface area contributed by atoms with E-state index in [-0.39, 0.29) is 0 Å². The van der Waals surface area contributed by atoms with Crippen molar-refractivity contribution < 1.29 is 0 Å². The van der Waals surface area contributed by atoms with Gasteiger partial charge in [-0.1, -0.05) is 0 Å². The molecule has 2 rings (SSSR count). The van der Waals surface area contributed by atoms with Gasteiger partial charge in [0.15, 0.2) is 0 Å². The molecule has 1 aromatic heterocycles. The fraction of sp³-hybridized carbons (Fsp3) is 0.286. The van der Waals surface area contributed by atoms with Crippen LogP contribution in [0.3, 0.4) is 0 Å². The Balaban J connectivity index is 2.09. The molecule has 0 fully saturated rings. The van der Waals surface area contributed by atoms with Crippen LogP contribution in [0.4, 0.5) is 5.69 Å². The number of rotatable bonds is 5. The average Bonchev–Trinajstić information content (AvgIpc) is 2.79. The van der Waals surface area contributed by atoms with E-state index in [0.717, 1.165) is 6.54 Å². The van der Waals surface area contributed by atoms with Gasteiger partial charge >= 0.3 is 114 Å². The quantitative estimate of drug-likeness (QED) is 0.836. The van der Waals surface area contributed by atoms with Crippen LogP contribution in [-0.4, -0.2) is 21.5 Å². The Kier molecular flexibility index (Phi) is 4.66. The van der Waals surface area contributed by atoms with Gasteiger partial charge in [0.1, 0.15) is 0 Å². The van der Waals surface area contributed by atoms with E-state index in [0.29, 0.717) is 19.8 Å². The fourth-order valence-corrected chi connectivity index (χ4v) is 5.15. The molecular formula is C14H17NSSe. The molecule has 0 saturated heterocycles. The standard InChI is InChI=1S/C14H17NSSe/c1-3-15-13-9-10-16-14(13)11(2)17-12-7-5-4-6-8-12/h4-11,15H,3H2,1-2H3. The van der Waals surface area contributed by atoms with Crippen LogP contribution in [0.5, 0.6) is 0 Å². The van der Waals surface area contributed by atoms with E-state index < -0.39 is 0 Å². The van der Waals surface area contributed by atoms with Gasteiger partial charge in [0, 0.05) is 0 Å². The van der Waals surface area contributed by atoms with Crippen LogP contribution in [0.15, 0.2) is 41.8 Å². The van der Waals surface area contributed by atoms with Crippen molar-refractivity contribution in [2.45, 2.75) is 18.7 Å². The second-order valence-electron chi connectivity index (χ2n) is 3.80. The average molecular weight is 310 g/mol. The number of nitrogens with one attached hydrogen (secondary N) is 1. The Morgan fingerprint density at radius 2 is 2.00 bits per heavy atom. The number of anilines is 1. The van der Waals surface area contributed by atoms with Crippen LogP contribution in [0.25, 0.3) is 0 Å². The van der Waals surface area contributed by atoms with Crippen LogP contribution in [0.2, 0.25) is 0 Å². The molecule has 0 saturated carbocycles. The Bertz CT molecular complexity index is 452. The SMILES string of the molecule is CCNc1ccsc1C(C)[Se]c1ccccc1. The molecule has 1 unspecified atom stereocenters. The molecule has 1 atom stereocenters. The zero-order chi connectivity index (χ0) is 12.1. The van der Waals surface area contributed by atoms with E-state index in [1.54, 1.807) is 0 Å². The summed E-state index contributed by atoms with van der Waals surface area (Å²) < 4.78 is 1.48. The first-order valence-electron chi connectivity index (χ1n) is 5.84. The van der Waals surface area contributed by atoms with Gasteiger partial charge in [-0.25, -0.2) is 0 Å². The Labute approximate surface area is 113 Å². The minimum absolute atomic E-state index is 0.510. The summed E-state index contributed by atoms with van der Waals surface area (Å²) >= 11 is 2.38. The number of hydrogen-bond acceptors (Lipinski definition) is 2. The van der Waals surface area contributed by atoms with Gasteiger partial charge < -0.3 is 0 Å². The third-order valence-corrected chi connectivity index (χ3v) is 6.30. The Morgan fingerprint density at radius 1 is 1.24 bits per heavy atom. The maximum atomic E-state index is 3.44. The van der Waals surface area contributed by atoms with E-state index >= 15 is 0 Å². The number of benzene rings is 1.